The summed E-state index contributed by atoms with van der Waals surface area (Å²) in [5, 5.41) is 14.7. The first kappa shape index (κ1) is 12.2. The molecule has 1 aromatic heterocycles. The molecule has 1 aromatic carbocycles. The molecule has 2 N–H and O–H groups in total. The molecule has 7 heteroatoms. The molecule has 0 bridgehead atoms. The van der Waals surface area contributed by atoms with Gasteiger partial charge in [0.25, 0.3) is 5.89 Å². The Labute approximate surface area is 101 Å². The second kappa shape index (κ2) is 5.37. The predicted octanol–water partition coefficient (Wildman–Crippen LogP) is 1.05. The zero-order chi connectivity index (χ0) is 13.0. The molecule has 0 aliphatic rings. The number of carbonyl (C=O) groups is 1. The van der Waals surface area contributed by atoms with Gasteiger partial charge in [-0.2, -0.15) is 4.98 Å². The minimum atomic E-state index is -0.961. The lowest BCUT2D eigenvalue weighted by atomic mass is 10.2. The number of hydrogen-bond acceptors (Lipinski definition) is 5. The molecule has 0 unspecified atom stereocenters. The Morgan fingerprint density at radius 2 is 2.11 bits per heavy atom. The summed E-state index contributed by atoms with van der Waals surface area (Å²) in [5.74, 6) is -0.698. The van der Waals surface area contributed by atoms with Crippen molar-refractivity contribution in [3.8, 4) is 11.5 Å². The number of halogens is 1. The number of nitrogens with one attached hydrogen (secondary N) is 1. The molecule has 0 aliphatic heterocycles. The molecule has 1 heterocycles. The van der Waals surface area contributed by atoms with E-state index in [2.05, 4.69) is 15.5 Å². The molecular weight excluding hydrogens is 241 g/mol. The van der Waals surface area contributed by atoms with Gasteiger partial charge in [0, 0.05) is 5.56 Å². The molecule has 0 aliphatic carbocycles. The minimum Gasteiger partial charge on any atom is -0.480 e. The lowest BCUT2D eigenvalue weighted by molar-refractivity contribution is -0.136. The fourth-order valence-corrected chi connectivity index (χ4v) is 1.32. The van der Waals surface area contributed by atoms with Gasteiger partial charge in [-0.1, -0.05) is 5.16 Å². The highest BCUT2D eigenvalue weighted by atomic mass is 19.1. The number of rotatable bonds is 5. The largest absolute Gasteiger partial charge is 0.480 e. The van der Waals surface area contributed by atoms with E-state index in [4.69, 9.17) is 9.63 Å². The number of nitrogens with zero attached hydrogens (tertiary/aromatic N) is 2. The molecule has 6 nitrogen and oxygen atoms in total. The van der Waals surface area contributed by atoms with Crippen molar-refractivity contribution in [2.45, 2.75) is 6.54 Å². The van der Waals surface area contributed by atoms with Crippen molar-refractivity contribution in [2.75, 3.05) is 6.54 Å². The molecule has 94 valence electrons. The topological polar surface area (TPSA) is 88.2 Å². The van der Waals surface area contributed by atoms with E-state index in [9.17, 15) is 9.18 Å². The van der Waals surface area contributed by atoms with Crippen LogP contribution in [0.4, 0.5) is 4.39 Å². The summed E-state index contributed by atoms with van der Waals surface area (Å²) < 4.78 is 17.7. The fourth-order valence-electron chi connectivity index (χ4n) is 1.32. The third-order valence-electron chi connectivity index (χ3n) is 2.12. The van der Waals surface area contributed by atoms with Crippen LogP contribution in [-0.4, -0.2) is 27.8 Å². The standard InChI is InChI=1S/C11H10FN3O3/c12-8-3-1-7(2-4-8)11-14-9(15-18-11)5-13-6-10(16)17/h1-4,13H,5-6H2,(H,16,17). The smallest absolute Gasteiger partial charge is 0.317 e. The van der Waals surface area contributed by atoms with Gasteiger partial charge in [-0.25, -0.2) is 4.39 Å². The first-order valence-corrected chi connectivity index (χ1v) is 5.16. The molecule has 18 heavy (non-hydrogen) atoms. The number of carboxylic acids is 1. The van der Waals surface area contributed by atoms with Crippen LogP contribution < -0.4 is 5.32 Å². The second-order valence-electron chi connectivity index (χ2n) is 3.52. The van der Waals surface area contributed by atoms with E-state index in [0.29, 0.717) is 11.4 Å². The van der Waals surface area contributed by atoms with E-state index in [-0.39, 0.29) is 24.8 Å². The van der Waals surface area contributed by atoms with Gasteiger partial charge in [0.05, 0.1) is 13.1 Å². The van der Waals surface area contributed by atoms with E-state index in [1.165, 1.54) is 24.3 Å². The minimum absolute atomic E-state index is 0.180. The summed E-state index contributed by atoms with van der Waals surface area (Å²) in [7, 11) is 0. The summed E-state index contributed by atoms with van der Waals surface area (Å²) in [4.78, 5) is 14.3. The summed E-state index contributed by atoms with van der Waals surface area (Å²) >= 11 is 0. The Bertz CT molecular complexity index is 539. The maximum Gasteiger partial charge on any atom is 0.317 e. The van der Waals surface area contributed by atoms with Crippen molar-refractivity contribution < 1.29 is 18.8 Å². The van der Waals surface area contributed by atoms with Crippen molar-refractivity contribution in [1.82, 2.24) is 15.5 Å². The number of aromatic nitrogens is 2. The van der Waals surface area contributed by atoms with Crippen LogP contribution >= 0.6 is 0 Å². The molecule has 0 amide bonds. The van der Waals surface area contributed by atoms with Gasteiger partial charge in [-0.3, -0.25) is 10.1 Å². The quantitative estimate of drug-likeness (QED) is 0.825. The van der Waals surface area contributed by atoms with Crippen LogP contribution in [0.2, 0.25) is 0 Å². The molecule has 0 saturated heterocycles. The van der Waals surface area contributed by atoms with Gasteiger partial charge in [0.1, 0.15) is 5.82 Å². The Morgan fingerprint density at radius 1 is 1.39 bits per heavy atom. The van der Waals surface area contributed by atoms with Gasteiger partial charge < -0.3 is 9.63 Å². The summed E-state index contributed by atoms with van der Waals surface area (Å²) in [6.07, 6.45) is 0. The first-order chi connectivity index (χ1) is 8.65. The highest BCUT2D eigenvalue weighted by molar-refractivity contribution is 5.68. The fraction of sp³-hybridized carbons (Fsp3) is 0.182. The maximum atomic E-state index is 12.7. The Kier molecular flexibility index (Phi) is 3.63. The third kappa shape index (κ3) is 3.11. The van der Waals surface area contributed by atoms with Crippen molar-refractivity contribution >= 4 is 5.97 Å². The molecule has 0 radical (unpaired) electrons. The van der Waals surface area contributed by atoms with E-state index in [1.54, 1.807) is 0 Å². The third-order valence-corrected chi connectivity index (χ3v) is 2.12. The van der Waals surface area contributed by atoms with Gasteiger partial charge in [-0.05, 0) is 24.3 Å². The average molecular weight is 251 g/mol. The maximum absolute atomic E-state index is 12.7. The average Bonchev–Trinajstić information content (AvgIpc) is 2.78. The highest BCUT2D eigenvalue weighted by Gasteiger charge is 2.08. The van der Waals surface area contributed by atoms with Gasteiger partial charge in [-0.15, -0.1) is 0 Å². The van der Waals surface area contributed by atoms with E-state index < -0.39 is 5.97 Å². The zero-order valence-electron chi connectivity index (χ0n) is 9.26. The van der Waals surface area contributed by atoms with Crippen LogP contribution in [0.15, 0.2) is 28.8 Å². The van der Waals surface area contributed by atoms with Crippen LogP contribution in [0.5, 0.6) is 0 Å². The second-order valence-corrected chi connectivity index (χ2v) is 3.52. The Balaban J connectivity index is 2.01. The van der Waals surface area contributed by atoms with Crippen molar-refractivity contribution in [2.24, 2.45) is 0 Å². The Hall–Kier alpha value is -2.28. The van der Waals surface area contributed by atoms with E-state index in [1.807, 2.05) is 0 Å². The van der Waals surface area contributed by atoms with Crippen molar-refractivity contribution in [1.29, 1.82) is 0 Å². The van der Waals surface area contributed by atoms with Crippen LogP contribution in [0.3, 0.4) is 0 Å². The molecule has 0 saturated carbocycles. The van der Waals surface area contributed by atoms with E-state index in [0.717, 1.165) is 0 Å². The van der Waals surface area contributed by atoms with Crippen molar-refractivity contribution in [3.05, 3.63) is 35.9 Å². The molecule has 2 aromatic rings. The molecule has 0 atom stereocenters. The summed E-state index contributed by atoms with van der Waals surface area (Å²) in [5.41, 5.74) is 0.605. The lowest BCUT2D eigenvalue weighted by Gasteiger charge is -1.95. The summed E-state index contributed by atoms with van der Waals surface area (Å²) in [6.45, 7) is 0.0113. The van der Waals surface area contributed by atoms with Gasteiger partial charge >= 0.3 is 5.97 Å². The van der Waals surface area contributed by atoms with Crippen molar-refractivity contribution in [3.63, 3.8) is 0 Å². The lowest BCUT2D eigenvalue weighted by Crippen LogP contribution is -2.22. The molecule has 0 spiro atoms. The summed E-state index contributed by atoms with van der Waals surface area (Å²) in [6, 6.07) is 5.64. The van der Waals surface area contributed by atoms with E-state index >= 15 is 0 Å². The SMILES string of the molecule is O=C(O)CNCc1noc(-c2ccc(F)cc2)n1. The van der Waals surface area contributed by atoms with Gasteiger partial charge in [0.2, 0.25) is 0 Å². The highest BCUT2D eigenvalue weighted by Crippen LogP contribution is 2.17. The van der Waals surface area contributed by atoms with Gasteiger partial charge in [0.15, 0.2) is 5.82 Å². The molecule has 2 rings (SSSR count). The normalized spacial score (nSPS) is 10.5. The van der Waals surface area contributed by atoms with Crippen LogP contribution in [0, 0.1) is 5.82 Å². The first-order valence-electron chi connectivity index (χ1n) is 5.16. The monoisotopic (exact) mass is 251 g/mol. The zero-order valence-corrected chi connectivity index (χ0v) is 9.26. The number of aliphatic carboxylic acids is 1. The van der Waals surface area contributed by atoms with Crippen LogP contribution in [0.1, 0.15) is 5.82 Å². The number of benzene rings is 1. The van der Waals surface area contributed by atoms with Crippen LogP contribution in [-0.2, 0) is 11.3 Å². The number of hydrogen-bond donors (Lipinski definition) is 2. The number of carboxylic acid groups (broad SMARTS) is 1. The Morgan fingerprint density at radius 3 is 2.78 bits per heavy atom. The molecule has 0 fully saturated rings. The molecular formula is C11H10FN3O3. The predicted molar refractivity (Wildman–Crippen MR) is 59.0 cm³/mol. The van der Waals surface area contributed by atoms with Crippen LogP contribution in [0.25, 0.3) is 11.5 Å².